The number of anilines is 1. The summed E-state index contributed by atoms with van der Waals surface area (Å²) in [5, 5.41) is 13.5. The second-order valence-electron chi connectivity index (χ2n) is 8.79. The Hall–Kier alpha value is -3.62. The van der Waals surface area contributed by atoms with Crippen LogP contribution in [0.15, 0.2) is 73.1 Å². The molecule has 0 unspecified atom stereocenters. The molecule has 7 nitrogen and oxygen atoms in total. The van der Waals surface area contributed by atoms with Gasteiger partial charge in [-0.15, -0.1) is 0 Å². The Morgan fingerprint density at radius 2 is 2.11 bits per heavy atom. The highest BCUT2D eigenvalue weighted by Gasteiger charge is 2.25. The number of aromatic nitrogens is 1. The van der Waals surface area contributed by atoms with Crippen LogP contribution in [0.3, 0.4) is 0 Å². The van der Waals surface area contributed by atoms with Crippen molar-refractivity contribution in [1.82, 2.24) is 15.2 Å². The number of aliphatic hydroxyl groups excluding tert-OH is 1. The van der Waals surface area contributed by atoms with Gasteiger partial charge in [-0.3, -0.25) is 0 Å². The van der Waals surface area contributed by atoms with Crippen molar-refractivity contribution in [2.45, 2.75) is 38.8 Å². The number of hydrogen-bond acceptors (Lipinski definition) is 7. The van der Waals surface area contributed by atoms with Crippen molar-refractivity contribution >= 4 is 11.4 Å². The van der Waals surface area contributed by atoms with E-state index in [1.165, 1.54) is 6.07 Å². The molecule has 0 bridgehead atoms. The number of rotatable bonds is 10. The van der Waals surface area contributed by atoms with E-state index in [9.17, 15) is 9.50 Å². The second kappa shape index (κ2) is 12.4. The van der Waals surface area contributed by atoms with Crippen molar-refractivity contribution in [3.63, 3.8) is 0 Å². The number of piperidine rings is 1. The number of allylic oxidation sites excluding steroid dienone is 3. The minimum absolute atomic E-state index is 0.149. The summed E-state index contributed by atoms with van der Waals surface area (Å²) in [4.78, 5) is 6.64. The Balaban J connectivity index is 1.95. The van der Waals surface area contributed by atoms with Crippen LogP contribution in [0.5, 0.6) is 5.75 Å². The van der Waals surface area contributed by atoms with Crippen molar-refractivity contribution < 1.29 is 14.2 Å². The lowest BCUT2D eigenvalue weighted by atomic mass is 10.0. The van der Waals surface area contributed by atoms with Gasteiger partial charge in [-0.25, -0.2) is 9.37 Å². The monoisotopic (exact) mass is 493 g/mol. The summed E-state index contributed by atoms with van der Waals surface area (Å²) in [7, 11) is 0. The predicted molar refractivity (Wildman–Crippen MR) is 144 cm³/mol. The standard InChI is InChI=1S/C28H36FN5O2/c1-5-8-27(34-16-19(30)14-20(35)17-34)25(7-3)32-18(4)28-24(31)11-12-26(33-28)22-15-21(36-13-6-2)9-10-23(22)29/h5,7-12,15,19-20,32,35H,3-4,6,13-14,16-17,30-31H2,1-2H3/b8-5-,27-25-/t19-,20-/m0/s1. The van der Waals surface area contributed by atoms with E-state index in [1.807, 2.05) is 30.9 Å². The van der Waals surface area contributed by atoms with Gasteiger partial charge in [0.05, 0.1) is 41.2 Å². The first-order chi connectivity index (χ1) is 17.3. The number of hydrogen-bond donors (Lipinski definition) is 4. The molecule has 2 atom stereocenters. The molecule has 1 aromatic heterocycles. The minimum Gasteiger partial charge on any atom is -0.494 e. The third-order valence-corrected chi connectivity index (χ3v) is 5.79. The van der Waals surface area contributed by atoms with Crippen molar-refractivity contribution in [1.29, 1.82) is 0 Å². The van der Waals surface area contributed by atoms with Gasteiger partial charge in [0.2, 0.25) is 0 Å². The molecule has 2 aromatic rings. The van der Waals surface area contributed by atoms with E-state index in [4.69, 9.17) is 16.2 Å². The van der Waals surface area contributed by atoms with Crippen molar-refractivity contribution in [2.24, 2.45) is 5.73 Å². The zero-order valence-electron chi connectivity index (χ0n) is 21.0. The predicted octanol–water partition coefficient (Wildman–Crippen LogP) is 4.19. The minimum atomic E-state index is -0.524. The molecule has 1 aliphatic rings. The van der Waals surface area contributed by atoms with Gasteiger partial charge in [-0.2, -0.15) is 0 Å². The third-order valence-electron chi connectivity index (χ3n) is 5.79. The number of nitrogen functional groups attached to an aromatic ring is 1. The van der Waals surface area contributed by atoms with Crippen molar-refractivity contribution in [3.8, 4) is 17.0 Å². The molecular formula is C28H36FN5O2. The molecule has 1 fully saturated rings. The van der Waals surface area contributed by atoms with Gasteiger partial charge in [0, 0.05) is 24.7 Å². The van der Waals surface area contributed by atoms with Gasteiger partial charge in [-0.1, -0.05) is 26.2 Å². The highest BCUT2D eigenvalue weighted by molar-refractivity contribution is 5.74. The lowest BCUT2D eigenvalue weighted by molar-refractivity contribution is 0.0788. The average Bonchev–Trinajstić information content (AvgIpc) is 2.85. The molecular weight excluding hydrogens is 457 g/mol. The van der Waals surface area contributed by atoms with E-state index < -0.39 is 11.9 Å². The van der Waals surface area contributed by atoms with Crippen molar-refractivity contribution in [2.75, 3.05) is 25.4 Å². The van der Waals surface area contributed by atoms with Crippen LogP contribution in [0.4, 0.5) is 10.1 Å². The number of ether oxygens (including phenoxy) is 1. The smallest absolute Gasteiger partial charge is 0.132 e. The summed E-state index contributed by atoms with van der Waals surface area (Å²) in [5.41, 5.74) is 15.8. The molecule has 192 valence electrons. The fourth-order valence-electron chi connectivity index (χ4n) is 4.14. The lowest BCUT2D eigenvalue weighted by Gasteiger charge is -2.37. The largest absolute Gasteiger partial charge is 0.494 e. The van der Waals surface area contributed by atoms with E-state index in [-0.39, 0.29) is 6.04 Å². The molecule has 3 rings (SSSR count). The van der Waals surface area contributed by atoms with Gasteiger partial charge in [0.15, 0.2) is 0 Å². The maximum atomic E-state index is 14.7. The molecule has 1 aliphatic heterocycles. The summed E-state index contributed by atoms with van der Waals surface area (Å²) in [6.07, 6.45) is 6.37. The number of nitrogens with zero attached hydrogens (tertiary/aromatic N) is 2. The molecule has 0 amide bonds. The first-order valence-corrected chi connectivity index (χ1v) is 12.1. The van der Waals surface area contributed by atoms with E-state index in [0.29, 0.717) is 65.9 Å². The van der Waals surface area contributed by atoms with E-state index >= 15 is 0 Å². The molecule has 36 heavy (non-hydrogen) atoms. The fourth-order valence-corrected chi connectivity index (χ4v) is 4.14. The Kier molecular flexibility index (Phi) is 9.27. The quantitative estimate of drug-likeness (QED) is 0.368. The number of halogens is 1. The molecule has 1 aromatic carbocycles. The maximum absolute atomic E-state index is 14.7. The molecule has 0 aliphatic carbocycles. The van der Waals surface area contributed by atoms with Crippen LogP contribution in [-0.2, 0) is 0 Å². The van der Waals surface area contributed by atoms with Gasteiger partial charge < -0.3 is 31.5 Å². The zero-order valence-corrected chi connectivity index (χ0v) is 21.0. The van der Waals surface area contributed by atoms with Crippen LogP contribution >= 0.6 is 0 Å². The summed E-state index contributed by atoms with van der Waals surface area (Å²) in [5.74, 6) is 0.155. The third kappa shape index (κ3) is 6.53. The normalized spacial score (nSPS) is 18.6. The summed E-state index contributed by atoms with van der Waals surface area (Å²) >= 11 is 0. The SMILES string of the molecule is C=C/C(NC(=C)c1nc(-c2cc(OCCC)ccc2F)ccc1N)=C(\C=C/C)N1C[C@@H](N)C[C@H](O)C1. The van der Waals surface area contributed by atoms with Gasteiger partial charge in [0.25, 0.3) is 0 Å². The number of benzene rings is 1. The summed E-state index contributed by atoms with van der Waals surface area (Å²) in [6, 6.07) is 7.79. The zero-order chi connectivity index (χ0) is 26.2. The van der Waals surface area contributed by atoms with Gasteiger partial charge >= 0.3 is 0 Å². The van der Waals surface area contributed by atoms with Gasteiger partial charge in [-0.05, 0) is 62.2 Å². The fraction of sp³-hybridized carbons (Fsp3) is 0.321. The van der Waals surface area contributed by atoms with Gasteiger partial charge in [0.1, 0.15) is 17.3 Å². The molecule has 2 heterocycles. The Bertz CT molecular complexity index is 1150. The summed E-state index contributed by atoms with van der Waals surface area (Å²) in [6.45, 7) is 13.6. The highest BCUT2D eigenvalue weighted by Crippen LogP contribution is 2.29. The molecule has 0 saturated carbocycles. The number of nitrogens with two attached hydrogens (primary N) is 2. The van der Waals surface area contributed by atoms with Crippen LogP contribution in [0.2, 0.25) is 0 Å². The average molecular weight is 494 g/mol. The number of aliphatic hydroxyl groups is 1. The molecule has 6 N–H and O–H groups in total. The van der Waals surface area contributed by atoms with Crippen LogP contribution in [0, 0.1) is 5.82 Å². The second-order valence-corrected chi connectivity index (χ2v) is 8.79. The molecule has 0 spiro atoms. The van der Waals surface area contributed by atoms with Crippen LogP contribution in [-0.4, -0.2) is 46.8 Å². The van der Waals surface area contributed by atoms with Crippen molar-refractivity contribution in [3.05, 3.63) is 84.6 Å². The molecule has 0 radical (unpaired) electrons. The number of pyridine rings is 1. The topological polar surface area (TPSA) is 110 Å². The Morgan fingerprint density at radius 3 is 2.78 bits per heavy atom. The Labute approximate surface area is 212 Å². The highest BCUT2D eigenvalue weighted by atomic mass is 19.1. The summed E-state index contributed by atoms with van der Waals surface area (Å²) < 4.78 is 20.4. The van der Waals surface area contributed by atoms with Crippen LogP contribution in [0.1, 0.15) is 32.4 Å². The van der Waals surface area contributed by atoms with E-state index in [2.05, 4.69) is 23.5 Å². The maximum Gasteiger partial charge on any atom is 0.132 e. The molecule has 8 heteroatoms. The first kappa shape index (κ1) is 27.0. The lowest BCUT2D eigenvalue weighted by Crippen LogP contribution is -2.48. The molecule has 1 saturated heterocycles. The van der Waals surface area contributed by atoms with Crippen LogP contribution in [0.25, 0.3) is 17.0 Å². The number of likely N-dealkylation sites (tertiary alicyclic amines) is 1. The van der Waals surface area contributed by atoms with Crippen LogP contribution < -0.4 is 21.5 Å². The van der Waals surface area contributed by atoms with E-state index in [0.717, 1.165) is 12.1 Å². The van der Waals surface area contributed by atoms with E-state index in [1.54, 1.807) is 30.3 Å². The first-order valence-electron chi connectivity index (χ1n) is 12.1. The number of nitrogens with one attached hydrogen (secondary N) is 1. The Morgan fingerprint density at radius 1 is 1.33 bits per heavy atom. The number of β-amino-alcohol motifs (C(OH)–C–C–N with tert-alkyl or cyclic N) is 1.